The molecule has 0 saturated heterocycles. The second-order valence-electron chi connectivity index (χ2n) is 12.3. The molecule has 3 saturated carbocycles. The summed E-state index contributed by atoms with van der Waals surface area (Å²) >= 11 is 0. The molecule has 9 atom stereocenters. The molecule has 3 fully saturated rings. The molecule has 2 heteroatoms. The summed E-state index contributed by atoms with van der Waals surface area (Å²) in [5.74, 6) is 4.05. The lowest BCUT2D eigenvalue weighted by Gasteiger charge is -2.58. The third-order valence-corrected chi connectivity index (χ3v) is 10.3. The minimum Gasteiger partial charge on any atom is -0.393 e. The summed E-state index contributed by atoms with van der Waals surface area (Å²) < 4.78 is 0. The molecule has 0 aromatic rings. The number of hydrogen-bond acceptors (Lipinski definition) is 2. The second kappa shape index (κ2) is 7.97. The summed E-state index contributed by atoms with van der Waals surface area (Å²) in [4.78, 5) is 0. The van der Waals surface area contributed by atoms with Gasteiger partial charge in [0.15, 0.2) is 0 Å². The van der Waals surface area contributed by atoms with E-state index in [-0.39, 0.29) is 23.5 Å². The standard InChI is InChI=1S/C27H46O2/c1-17(2)7-6-8-18(3)21-9-10-22-20-16-25(29)24-15-19(28)11-13-27(24,5)23(20)12-14-26(21,22)4/h16-19,21-25,28-29H,6-15H2,1-5H3/t18-,19+,21-,22+,23+,24-,25-,26-,27-/m1/s1. The Kier molecular flexibility index (Phi) is 6.01. The molecule has 0 radical (unpaired) electrons. The molecule has 0 amide bonds. The van der Waals surface area contributed by atoms with Crippen LogP contribution in [0.3, 0.4) is 0 Å². The molecule has 0 unspecified atom stereocenters. The molecule has 0 spiro atoms. The molecule has 2 N–H and O–H groups in total. The van der Waals surface area contributed by atoms with Gasteiger partial charge in [-0.25, -0.2) is 0 Å². The van der Waals surface area contributed by atoms with Gasteiger partial charge in [0.25, 0.3) is 0 Å². The van der Waals surface area contributed by atoms with Crippen LogP contribution in [0.4, 0.5) is 0 Å². The number of allylic oxidation sites excluding steroid dienone is 1. The summed E-state index contributed by atoms with van der Waals surface area (Å²) in [5.41, 5.74) is 2.24. The van der Waals surface area contributed by atoms with Gasteiger partial charge in [0.1, 0.15) is 0 Å². The van der Waals surface area contributed by atoms with E-state index in [0.717, 1.165) is 37.0 Å². The monoisotopic (exact) mass is 402 g/mol. The Bertz CT molecular complexity index is 624. The molecule has 0 aromatic heterocycles. The van der Waals surface area contributed by atoms with Crippen LogP contribution < -0.4 is 0 Å². The van der Waals surface area contributed by atoms with E-state index in [0.29, 0.717) is 17.3 Å². The molecule has 4 rings (SSSR count). The van der Waals surface area contributed by atoms with Gasteiger partial charge >= 0.3 is 0 Å². The Morgan fingerprint density at radius 2 is 1.62 bits per heavy atom. The number of rotatable bonds is 5. The zero-order valence-corrected chi connectivity index (χ0v) is 19.7. The zero-order valence-electron chi connectivity index (χ0n) is 19.7. The van der Waals surface area contributed by atoms with E-state index >= 15 is 0 Å². The first kappa shape index (κ1) is 21.9. The van der Waals surface area contributed by atoms with Crippen LogP contribution in [-0.4, -0.2) is 22.4 Å². The molecule has 4 aliphatic carbocycles. The highest BCUT2D eigenvalue weighted by molar-refractivity contribution is 5.29. The van der Waals surface area contributed by atoms with Crippen LogP contribution in [0.1, 0.15) is 98.8 Å². The van der Waals surface area contributed by atoms with Crippen molar-refractivity contribution in [1.82, 2.24) is 0 Å². The fraction of sp³-hybridized carbons (Fsp3) is 0.926. The Morgan fingerprint density at radius 1 is 0.931 bits per heavy atom. The molecule has 0 aliphatic heterocycles. The Balaban J connectivity index is 1.54. The van der Waals surface area contributed by atoms with Gasteiger partial charge in [0.2, 0.25) is 0 Å². The number of aliphatic hydroxyl groups is 2. The topological polar surface area (TPSA) is 40.5 Å². The van der Waals surface area contributed by atoms with Gasteiger partial charge in [-0.3, -0.25) is 0 Å². The van der Waals surface area contributed by atoms with Crippen LogP contribution in [0, 0.1) is 46.3 Å². The van der Waals surface area contributed by atoms with Crippen molar-refractivity contribution >= 4 is 0 Å². The molecule has 0 aromatic carbocycles. The maximum atomic E-state index is 11.1. The third kappa shape index (κ3) is 3.65. The van der Waals surface area contributed by atoms with E-state index in [9.17, 15) is 10.2 Å². The van der Waals surface area contributed by atoms with Crippen LogP contribution in [0.5, 0.6) is 0 Å². The molecule has 166 valence electrons. The fourth-order valence-corrected chi connectivity index (χ4v) is 8.58. The normalized spacial score (nSPS) is 47.9. The molecule has 0 heterocycles. The Hall–Kier alpha value is -0.340. The van der Waals surface area contributed by atoms with E-state index < -0.39 is 0 Å². The van der Waals surface area contributed by atoms with Crippen LogP contribution in [-0.2, 0) is 0 Å². The van der Waals surface area contributed by atoms with Crippen LogP contribution in [0.15, 0.2) is 11.6 Å². The van der Waals surface area contributed by atoms with Crippen molar-refractivity contribution < 1.29 is 10.2 Å². The predicted octanol–water partition coefficient (Wildman–Crippen LogP) is 6.36. The number of hydrogen-bond donors (Lipinski definition) is 2. The summed E-state index contributed by atoms with van der Waals surface area (Å²) in [5, 5.41) is 21.3. The van der Waals surface area contributed by atoms with E-state index in [4.69, 9.17) is 0 Å². The van der Waals surface area contributed by atoms with Gasteiger partial charge in [0, 0.05) is 0 Å². The van der Waals surface area contributed by atoms with Gasteiger partial charge in [0.05, 0.1) is 12.2 Å². The minimum absolute atomic E-state index is 0.186. The molecule has 0 bridgehead atoms. The summed E-state index contributed by atoms with van der Waals surface area (Å²) in [7, 11) is 0. The smallest absolute Gasteiger partial charge is 0.0758 e. The second-order valence-corrected chi connectivity index (χ2v) is 12.3. The van der Waals surface area contributed by atoms with Crippen molar-refractivity contribution in [2.45, 2.75) is 111 Å². The Morgan fingerprint density at radius 3 is 2.34 bits per heavy atom. The Labute approximate surface area is 179 Å². The summed E-state index contributed by atoms with van der Waals surface area (Å²) in [6, 6.07) is 0. The average molecular weight is 403 g/mol. The van der Waals surface area contributed by atoms with Crippen LogP contribution in [0.2, 0.25) is 0 Å². The zero-order chi connectivity index (χ0) is 21.0. The maximum absolute atomic E-state index is 11.1. The minimum atomic E-state index is -0.355. The van der Waals surface area contributed by atoms with Crippen molar-refractivity contribution in [2.75, 3.05) is 0 Å². The van der Waals surface area contributed by atoms with E-state index in [1.165, 1.54) is 44.9 Å². The largest absolute Gasteiger partial charge is 0.393 e. The molecular formula is C27H46O2. The van der Waals surface area contributed by atoms with Gasteiger partial charge in [-0.1, -0.05) is 65.5 Å². The van der Waals surface area contributed by atoms with E-state index in [2.05, 4.69) is 40.7 Å². The predicted molar refractivity (Wildman–Crippen MR) is 120 cm³/mol. The summed E-state index contributed by atoms with van der Waals surface area (Å²) in [6.07, 6.45) is 14.0. The van der Waals surface area contributed by atoms with E-state index in [1.807, 2.05) is 0 Å². The van der Waals surface area contributed by atoms with Gasteiger partial charge in [-0.15, -0.1) is 0 Å². The quantitative estimate of drug-likeness (QED) is 0.525. The van der Waals surface area contributed by atoms with Crippen molar-refractivity contribution in [3.05, 3.63) is 11.6 Å². The van der Waals surface area contributed by atoms with Crippen LogP contribution in [0.25, 0.3) is 0 Å². The van der Waals surface area contributed by atoms with Gasteiger partial charge in [-0.05, 0) is 91.3 Å². The van der Waals surface area contributed by atoms with E-state index in [1.54, 1.807) is 5.57 Å². The highest BCUT2D eigenvalue weighted by Gasteiger charge is 2.59. The first-order chi connectivity index (χ1) is 13.7. The van der Waals surface area contributed by atoms with Gasteiger partial charge < -0.3 is 10.2 Å². The van der Waals surface area contributed by atoms with Crippen molar-refractivity contribution in [3.63, 3.8) is 0 Å². The number of aliphatic hydroxyl groups excluding tert-OH is 2. The van der Waals surface area contributed by atoms with Gasteiger partial charge in [-0.2, -0.15) is 0 Å². The third-order valence-electron chi connectivity index (χ3n) is 10.3. The highest BCUT2D eigenvalue weighted by Crippen LogP contribution is 2.66. The lowest BCUT2D eigenvalue weighted by molar-refractivity contribution is -0.0835. The molecule has 29 heavy (non-hydrogen) atoms. The fourth-order valence-electron chi connectivity index (χ4n) is 8.58. The molecular weight excluding hydrogens is 356 g/mol. The molecule has 4 aliphatic rings. The first-order valence-electron chi connectivity index (χ1n) is 12.7. The SMILES string of the molecule is CC(C)CCC[C@@H](C)[C@H]1CC[C@H]2C3=C[C@@H](O)[C@H]4C[C@@H](O)CC[C@]4(C)[C@H]3CC[C@]12C. The first-order valence-corrected chi connectivity index (χ1v) is 12.7. The van der Waals surface area contributed by atoms with Crippen molar-refractivity contribution in [1.29, 1.82) is 0 Å². The van der Waals surface area contributed by atoms with Crippen molar-refractivity contribution in [3.8, 4) is 0 Å². The average Bonchev–Trinajstić information content (AvgIpc) is 3.00. The lowest BCUT2D eigenvalue weighted by atomic mass is 9.47. The van der Waals surface area contributed by atoms with Crippen LogP contribution >= 0.6 is 0 Å². The van der Waals surface area contributed by atoms with Crippen molar-refractivity contribution in [2.24, 2.45) is 46.3 Å². The summed E-state index contributed by atoms with van der Waals surface area (Å²) in [6.45, 7) is 12.2. The highest BCUT2D eigenvalue weighted by atomic mass is 16.3. The maximum Gasteiger partial charge on any atom is 0.0758 e. The number of fused-ring (bicyclic) bond motifs is 5. The molecule has 2 nitrogen and oxygen atoms in total. The lowest BCUT2D eigenvalue weighted by Crippen LogP contribution is -2.53.